The van der Waals surface area contributed by atoms with Crippen LogP contribution in [0.5, 0.6) is 0 Å². The van der Waals surface area contributed by atoms with Gasteiger partial charge in [0.15, 0.2) is 0 Å². The van der Waals surface area contributed by atoms with Crippen LogP contribution in [0.4, 0.5) is 0 Å². The number of allylic oxidation sites excluding steroid dienone is 4. The second-order valence-electron chi connectivity index (χ2n) is 12.0. The molecule has 0 N–H and O–H groups in total. The van der Waals surface area contributed by atoms with E-state index in [4.69, 9.17) is 0 Å². The molecule has 0 saturated heterocycles. The lowest BCUT2D eigenvalue weighted by atomic mass is 9.71. The minimum atomic E-state index is 1.09. The molecule has 12 aliphatic rings. The molecule has 0 heteroatoms. The standard InChI is InChI=1S/C24H26/c1(7-17-13-3-9-10-4-14(21(9)17)18(7)22(10)13)2-8-19-15-5-11-12-6-16(23(11)19)20(8)24(12)15/h1-2,9-24H,3-6H2. The smallest absolute Gasteiger partial charge is 0.0132 e. The molecule has 0 aliphatic heterocycles. The maximum atomic E-state index is 2.78. The Bertz CT molecular complexity index is 688. The van der Waals surface area contributed by atoms with Crippen molar-refractivity contribution in [2.75, 3.05) is 0 Å². The van der Waals surface area contributed by atoms with E-state index in [1.54, 1.807) is 25.7 Å². The van der Waals surface area contributed by atoms with Gasteiger partial charge in [-0.2, -0.15) is 0 Å². The summed E-state index contributed by atoms with van der Waals surface area (Å²) in [6, 6.07) is 0. The van der Waals surface area contributed by atoms with Crippen molar-refractivity contribution in [2.24, 2.45) is 94.7 Å². The predicted octanol–water partition coefficient (Wildman–Crippen LogP) is 4.39. The number of rotatable bonds is 1. The molecule has 0 spiro atoms. The van der Waals surface area contributed by atoms with Gasteiger partial charge in [-0.3, -0.25) is 0 Å². The molecule has 0 aromatic rings. The molecular formula is C24H26. The highest BCUT2D eigenvalue weighted by molar-refractivity contribution is 5.45. The summed E-state index contributed by atoms with van der Waals surface area (Å²) in [6.45, 7) is 0. The van der Waals surface area contributed by atoms with Crippen LogP contribution >= 0.6 is 0 Å². The molecule has 12 rings (SSSR count). The minimum absolute atomic E-state index is 1.09. The maximum Gasteiger partial charge on any atom is -0.0132 e. The first-order valence-electron chi connectivity index (χ1n) is 11.3. The lowest BCUT2D eigenvalue weighted by Crippen LogP contribution is -2.30. The first-order chi connectivity index (χ1) is 11.9. The van der Waals surface area contributed by atoms with Crippen LogP contribution in [0.25, 0.3) is 0 Å². The fourth-order valence-corrected chi connectivity index (χ4v) is 13.4. The Morgan fingerprint density at radius 1 is 0.417 bits per heavy atom. The summed E-state index contributed by atoms with van der Waals surface area (Å²) in [7, 11) is 0. The van der Waals surface area contributed by atoms with E-state index in [1.165, 1.54) is 47.3 Å². The summed E-state index contributed by atoms with van der Waals surface area (Å²) in [6.07, 6.45) is 12.2. The Hall–Kier alpha value is -0.520. The molecule has 12 bridgehead atoms. The summed E-state index contributed by atoms with van der Waals surface area (Å²) in [5.41, 5.74) is 4.02. The van der Waals surface area contributed by atoms with E-state index in [-0.39, 0.29) is 0 Å². The van der Waals surface area contributed by atoms with E-state index in [1.807, 2.05) is 11.1 Å². The van der Waals surface area contributed by atoms with Gasteiger partial charge in [-0.1, -0.05) is 23.3 Å². The van der Waals surface area contributed by atoms with Gasteiger partial charge in [-0.15, -0.1) is 0 Å². The molecule has 12 saturated carbocycles. The second kappa shape index (κ2) is 2.93. The van der Waals surface area contributed by atoms with Gasteiger partial charge in [0.2, 0.25) is 0 Å². The third-order valence-corrected chi connectivity index (χ3v) is 12.7. The average molecular weight is 314 g/mol. The van der Waals surface area contributed by atoms with E-state index in [9.17, 15) is 0 Å². The van der Waals surface area contributed by atoms with Crippen LogP contribution < -0.4 is 0 Å². The molecule has 0 aromatic carbocycles. The third kappa shape index (κ3) is 0.766. The summed E-state index contributed by atoms with van der Waals surface area (Å²) in [5, 5.41) is 0. The van der Waals surface area contributed by atoms with Gasteiger partial charge in [0, 0.05) is 0 Å². The van der Waals surface area contributed by atoms with E-state index in [2.05, 4.69) is 12.2 Å². The molecule has 0 aromatic heterocycles. The fourth-order valence-electron chi connectivity index (χ4n) is 13.4. The van der Waals surface area contributed by atoms with Gasteiger partial charge in [-0.25, -0.2) is 0 Å². The zero-order chi connectivity index (χ0) is 14.6. The normalized spacial score (nSPS) is 79.7. The Balaban J connectivity index is 1.13. The van der Waals surface area contributed by atoms with Crippen LogP contribution in [-0.2, 0) is 0 Å². The van der Waals surface area contributed by atoms with Crippen molar-refractivity contribution in [3.05, 3.63) is 23.3 Å². The molecule has 12 aliphatic carbocycles. The topological polar surface area (TPSA) is 0 Å². The molecular weight excluding hydrogens is 288 g/mol. The monoisotopic (exact) mass is 314 g/mol. The maximum absolute atomic E-state index is 2.78. The van der Waals surface area contributed by atoms with Crippen molar-refractivity contribution in [2.45, 2.75) is 25.7 Å². The van der Waals surface area contributed by atoms with E-state index in [0.717, 1.165) is 47.3 Å². The van der Waals surface area contributed by atoms with Crippen molar-refractivity contribution in [3.8, 4) is 0 Å². The lowest BCUT2D eigenvalue weighted by molar-refractivity contribution is 0.132. The second-order valence-corrected chi connectivity index (χ2v) is 12.0. The van der Waals surface area contributed by atoms with Crippen LogP contribution in [0.15, 0.2) is 23.3 Å². The highest BCUT2D eigenvalue weighted by Crippen LogP contribution is 2.85. The number of hydrogen-bond acceptors (Lipinski definition) is 0. The highest BCUT2D eigenvalue weighted by atomic mass is 14.8. The molecule has 16 atom stereocenters. The van der Waals surface area contributed by atoms with Gasteiger partial charge >= 0.3 is 0 Å². The molecule has 16 unspecified atom stereocenters. The zero-order valence-corrected chi connectivity index (χ0v) is 14.2. The molecule has 122 valence electrons. The first kappa shape index (κ1) is 11.2. The van der Waals surface area contributed by atoms with Crippen molar-refractivity contribution in [1.82, 2.24) is 0 Å². The van der Waals surface area contributed by atoms with E-state index < -0.39 is 0 Å². The van der Waals surface area contributed by atoms with Crippen molar-refractivity contribution in [1.29, 1.82) is 0 Å². The van der Waals surface area contributed by atoms with Crippen LogP contribution in [0.2, 0.25) is 0 Å². The average Bonchev–Trinajstić information content (AvgIpc) is 3.27. The Morgan fingerprint density at radius 2 is 0.708 bits per heavy atom. The van der Waals surface area contributed by atoms with Gasteiger partial charge in [-0.05, 0) is 120 Å². The summed E-state index contributed by atoms with van der Waals surface area (Å²) in [4.78, 5) is 0. The molecule has 0 radical (unpaired) electrons. The van der Waals surface area contributed by atoms with Gasteiger partial charge in [0.1, 0.15) is 0 Å². The van der Waals surface area contributed by atoms with Gasteiger partial charge < -0.3 is 0 Å². The van der Waals surface area contributed by atoms with Gasteiger partial charge in [0.05, 0.1) is 0 Å². The van der Waals surface area contributed by atoms with Crippen LogP contribution in [0.3, 0.4) is 0 Å². The van der Waals surface area contributed by atoms with Crippen molar-refractivity contribution < 1.29 is 0 Å². The summed E-state index contributed by atoms with van der Waals surface area (Å²) >= 11 is 0. The predicted molar refractivity (Wildman–Crippen MR) is 90.5 cm³/mol. The number of hydrogen-bond donors (Lipinski definition) is 0. The Labute approximate surface area is 144 Å². The SMILES string of the molecule is C(C=C1C2C3CC4C5CC(C1C53)C42)=C1C2C3CC4C5CC(C1C53)C42. The van der Waals surface area contributed by atoms with Crippen molar-refractivity contribution >= 4 is 0 Å². The minimum Gasteiger partial charge on any atom is -0.0628 e. The highest BCUT2D eigenvalue weighted by Gasteiger charge is 2.80. The molecule has 0 heterocycles. The Kier molecular flexibility index (Phi) is 1.37. The molecule has 12 fully saturated rings. The Morgan fingerprint density at radius 3 is 1.00 bits per heavy atom. The third-order valence-electron chi connectivity index (χ3n) is 12.7. The molecule has 0 amide bonds. The zero-order valence-electron chi connectivity index (χ0n) is 14.2. The molecule has 24 heavy (non-hydrogen) atoms. The van der Waals surface area contributed by atoms with Crippen molar-refractivity contribution in [3.63, 3.8) is 0 Å². The molecule has 0 nitrogen and oxygen atoms in total. The van der Waals surface area contributed by atoms with Crippen LogP contribution in [0.1, 0.15) is 25.7 Å². The lowest BCUT2D eigenvalue weighted by Gasteiger charge is -2.33. The van der Waals surface area contributed by atoms with Crippen LogP contribution in [-0.4, -0.2) is 0 Å². The fraction of sp³-hybridized carbons (Fsp3) is 0.833. The first-order valence-corrected chi connectivity index (χ1v) is 11.3. The van der Waals surface area contributed by atoms with Crippen LogP contribution in [0, 0.1) is 94.7 Å². The summed E-state index contributed by atoms with van der Waals surface area (Å²) < 4.78 is 0. The quantitative estimate of drug-likeness (QED) is 0.673. The van der Waals surface area contributed by atoms with E-state index in [0.29, 0.717) is 0 Å². The largest absolute Gasteiger partial charge is 0.0628 e. The van der Waals surface area contributed by atoms with E-state index >= 15 is 0 Å². The van der Waals surface area contributed by atoms with Gasteiger partial charge in [0.25, 0.3) is 0 Å². The summed E-state index contributed by atoms with van der Waals surface area (Å²) in [5.74, 6) is 18.5.